The summed E-state index contributed by atoms with van der Waals surface area (Å²) in [6.45, 7) is 22.5. The molecule has 46 heavy (non-hydrogen) atoms. The number of nitrogens with one attached hydrogen (secondary N) is 2. The number of hydrogen-bond acceptors (Lipinski definition) is 10. The normalized spacial score (nSPS) is 22.5. The Morgan fingerprint density at radius 2 is 1.72 bits per heavy atom. The molecule has 0 spiro atoms. The largest absolute Gasteiger partial charge is 0.444 e. The number of aliphatic imine (C=N–C) groups is 1. The van der Waals surface area contributed by atoms with Gasteiger partial charge in [-0.05, 0) is 65.6 Å². The Bertz CT molecular complexity index is 943. The van der Waals surface area contributed by atoms with Gasteiger partial charge in [0.2, 0.25) is 5.91 Å². The molecule has 0 aromatic heterocycles. The van der Waals surface area contributed by atoms with Crippen LogP contribution in [0.2, 0.25) is 0 Å². The fraction of sp³-hybridized carbons (Fsp3) is 0.912. The van der Waals surface area contributed by atoms with Gasteiger partial charge in [-0.25, -0.2) is 4.79 Å². The van der Waals surface area contributed by atoms with Crippen molar-refractivity contribution in [3.8, 4) is 0 Å². The SMILES string of the molecule is CNC(NCCCOC)C(C=NCC(C)(C)C)C(O)N(CC(C)C)[C@H]1C[C@@H](C(=O)N2CCN(C)CC2)CN(C(=O)OC(C)(C)C)C1. The monoisotopic (exact) mass is 654 g/mol. The van der Waals surface area contributed by atoms with Crippen LogP contribution < -0.4 is 10.6 Å². The predicted molar refractivity (Wildman–Crippen MR) is 185 cm³/mol. The van der Waals surface area contributed by atoms with Crippen molar-refractivity contribution in [2.24, 2.45) is 28.2 Å². The van der Waals surface area contributed by atoms with Crippen LogP contribution in [0.4, 0.5) is 4.79 Å². The molecule has 2 heterocycles. The van der Waals surface area contributed by atoms with Crippen LogP contribution in [0.1, 0.15) is 68.2 Å². The zero-order valence-corrected chi connectivity index (χ0v) is 30.8. The van der Waals surface area contributed by atoms with Crippen molar-refractivity contribution < 1.29 is 24.2 Å². The molecular formula is C34H67N7O5. The van der Waals surface area contributed by atoms with Crippen molar-refractivity contribution in [1.82, 2.24) is 30.2 Å². The molecule has 2 aliphatic heterocycles. The Kier molecular flexibility index (Phi) is 16.4. The quantitative estimate of drug-likeness (QED) is 0.139. The summed E-state index contributed by atoms with van der Waals surface area (Å²) >= 11 is 0. The van der Waals surface area contributed by atoms with E-state index in [-0.39, 0.29) is 29.4 Å². The first-order chi connectivity index (χ1) is 21.5. The molecule has 2 saturated heterocycles. The molecular weight excluding hydrogens is 586 g/mol. The lowest BCUT2D eigenvalue weighted by atomic mass is 9.90. The number of likely N-dealkylation sites (N-methyl/N-ethyl adjacent to an activating group) is 1. The molecule has 0 bridgehead atoms. The summed E-state index contributed by atoms with van der Waals surface area (Å²) in [4.78, 5) is 40.2. The molecule has 268 valence electrons. The first-order valence-corrected chi connectivity index (χ1v) is 17.2. The Labute approximate surface area is 279 Å². The van der Waals surface area contributed by atoms with E-state index in [1.807, 2.05) is 38.9 Å². The lowest BCUT2D eigenvalue weighted by Gasteiger charge is -2.47. The summed E-state index contributed by atoms with van der Waals surface area (Å²) in [6.07, 6.45) is 1.64. The highest BCUT2D eigenvalue weighted by Gasteiger charge is 2.43. The molecule has 0 radical (unpaired) electrons. The van der Waals surface area contributed by atoms with Crippen LogP contribution in [0.5, 0.6) is 0 Å². The number of nitrogens with zero attached hydrogens (tertiary/aromatic N) is 5. The van der Waals surface area contributed by atoms with Crippen molar-refractivity contribution in [2.45, 2.75) is 92.3 Å². The molecule has 2 fully saturated rings. The highest BCUT2D eigenvalue weighted by molar-refractivity contribution is 5.80. The number of rotatable bonds is 15. The van der Waals surface area contributed by atoms with Crippen molar-refractivity contribution in [3.05, 3.63) is 0 Å². The Morgan fingerprint density at radius 1 is 1.07 bits per heavy atom. The second kappa shape index (κ2) is 18.6. The number of piperidine rings is 1. The van der Waals surface area contributed by atoms with Crippen LogP contribution in [0.25, 0.3) is 0 Å². The summed E-state index contributed by atoms with van der Waals surface area (Å²) in [6, 6.07) is -0.260. The minimum Gasteiger partial charge on any atom is -0.444 e. The maximum Gasteiger partial charge on any atom is 0.410 e. The first kappa shape index (κ1) is 40.3. The van der Waals surface area contributed by atoms with E-state index in [1.165, 1.54) is 0 Å². The van der Waals surface area contributed by atoms with E-state index >= 15 is 0 Å². The molecule has 12 heteroatoms. The van der Waals surface area contributed by atoms with Gasteiger partial charge in [0.25, 0.3) is 0 Å². The minimum atomic E-state index is -0.929. The summed E-state index contributed by atoms with van der Waals surface area (Å²) in [7, 11) is 5.64. The van der Waals surface area contributed by atoms with E-state index < -0.39 is 29.8 Å². The number of aliphatic hydroxyl groups is 1. The van der Waals surface area contributed by atoms with Crippen molar-refractivity contribution in [1.29, 1.82) is 0 Å². The second-order valence-corrected chi connectivity index (χ2v) is 15.8. The molecule has 0 aromatic rings. The van der Waals surface area contributed by atoms with Crippen molar-refractivity contribution >= 4 is 18.2 Å². The van der Waals surface area contributed by atoms with E-state index in [1.54, 1.807) is 12.0 Å². The molecule has 0 saturated carbocycles. The van der Waals surface area contributed by atoms with Gasteiger partial charge in [0, 0.05) is 78.3 Å². The molecule has 2 rings (SSSR count). The Morgan fingerprint density at radius 3 is 2.26 bits per heavy atom. The third kappa shape index (κ3) is 13.7. The Hall–Kier alpha value is -1.83. The summed E-state index contributed by atoms with van der Waals surface area (Å²) in [5, 5.41) is 19.2. The molecule has 12 nitrogen and oxygen atoms in total. The molecule has 2 amide bonds. The van der Waals surface area contributed by atoms with Crippen LogP contribution in [0, 0.1) is 23.2 Å². The first-order valence-electron chi connectivity index (χ1n) is 17.2. The van der Waals surface area contributed by atoms with Gasteiger partial charge in [-0.3, -0.25) is 14.7 Å². The highest BCUT2D eigenvalue weighted by atomic mass is 16.6. The van der Waals surface area contributed by atoms with E-state index in [0.29, 0.717) is 58.8 Å². The van der Waals surface area contributed by atoms with E-state index in [0.717, 1.165) is 19.5 Å². The van der Waals surface area contributed by atoms with Gasteiger partial charge in [-0.15, -0.1) is 0 Å². The van der Waals surface area contributed by atoms with Gasteiger partial charge < -0.3 is 39.9 Å². The summed E-state index contributed by atoms with van der Waals surface area (Å²) in [5.74, 6) is -0.496. The van der Waals surface area contributed by atoms with Gasteiger partial charge in [0.05, 0.1) is 18.0 Å². The van der Waals surface area contributed by atoms with Crippen molar-refractivity contribution in [3.63, 3.8) is 0 Å². The number of aliphatic hydroxyl groups excluding tert-OH is 1. The third-order valence-corrected chi connectivity index (χ3v) is 8.40. The van der Waals surface area contributed by atoms with Crippen molar-refractivity contribution in [2.75, 3.05) is 86.7 Å². The Balaban J connectivity index is 2.47. The van der Waals surface area contributed by atoms with Crippen LogP contribution in [0.15, 0.2) is 4.99 Å². The number of carbonyl (C=O) groups excluding carboxylic acids is 2. The number of methoxy groups -OCH3 is 1. The minimum absolute atomic E-state index is 0.00121. The molecule has 3 unspecified atom stereocenters. The number of likely N-dealkylation sites (tertiary alicyclic amines) is 1. The predicted octanol–water partition coefficient (Wildman–Crippen LogP) is 2.57. The number of carbonyl (C=O) groups is 2. The van der Waals surface area contributed by atoms with Crippen LogP contribution in [-0.4, -0.2) is 154 Å². The van der Waals surface area contributed by atoms with Gasteiger partial charge in [0.1, 0.15) is 11.8 Å². The average Bonchev–Trinajstić information content (AvgIpc) is 2.96. The molecule has 3 N–H and O–H groups in total. The van der Waals surface area contributed by atoms with E-state index in [9.17, 15) is 14.7 Å². The number of ether oxygens (including phenoxy) is 2. The smallest absolute Gasteiger partial charge is 0.410 e. The lowest BCUT2D eigenvalue weighted by Crippen LogP contribution is -2.62. The number of amides is 2. The van der Waals surface area contributed by atoms with Crippen LogP contribution in [0.3, 0.4) is 0 Å². The maximum absolute atomic E-state index is 14.0. The topological polar surface area (TPSA) is 122 Å². The molecule has 5 atom stereocenters. The van der Waals surface area contributed by atoms with Crippen LogP contribution >= 0.6 is 0 Å². The highest BCUT2D eigenvalue weighted by Crippen LogP contribution is 2.29. The standard InChI is InChI=1S/C34H67N7O5/c1-25(2)21-41(31(43)28(20-36-24-33(3,4)5)29(35-9)37-13-12-18-45-11)27-19-26(30(42)39-16-14-38(10)15-17-39)22-40(23-27)32(44)46-34(6,7)8/h20,25-29,31,35,37,43H,12-19,21-24H2,1-11H3/t26-,27+,28?,29?,31?/m1/s1. The molecule has 0 aromatic carbocycles. The zero-order chi connectivity index (χ0) is 34.7. The maximum atomic E-state index is 14.0. The van der Waals surface area contributed by atoms with Gasteiger partial charge in [0.15, 0.2) is 0 Å². The second-order valence-electron chi connectivity index (χ2n) is 15.8. The van der Waals surface area contributed by atoms with Crippen LogP contribution in [-0.2, 0) is 14.3 Å². The van der Waals surface area contributed by atoms with E-state index in [2.05, 4.69) is 62.1 Å². The molecule has 0 aliphatic carbocycles. The van der Waals surface area contributed by atoms with Gasteiger partial charge >= 0.3 is 6.09 Å². The zero-order valence-electron chi connectivity index (χ0n) is 30.8. The molecule has 2 aliphatic rings. The fourth-order valence-corrected chi connectivity index (χ4v) is 6.06. The summed E-state index contributed by atoms with van der Waals surface area (Å²) < 4.78 is 11.1. The number of piperazine rings is 1. The lowest BCUT2D eigenvalue weighted by molar-refractivity contribution is -0.142. The average molecular weight is 654 g/mol. The fourth-order valence-electron chi connectivity index (χ4n) is 6.06. The third-order valence-electron chi connectivity index (χ3n) is 8.40. The van der Waals surface area contributed by atoms with Gasteiger partial charge in [-0.1, -0.05) is 34.6 Å². The van der Waals surface area contributed by atoms with Gasteiger partial charge in [-0.2, -0.15) is 0 Å². The van der Waals surface area contributed by atoms with E-state index in [4.69, 9.17) is 14.5 Å². The summed E-state index contributed by atoms with van der Waals surface area (Å²) in [5.41, 5.74) is -0.667. The number of hydrogen-bond donors (Lipinski definition) is 3.